The first kappa shape index (κ1) is 22.1. The Labute approximate surface area is 175 Å². The molecule has 0 saturated carbocycles. The van der Waals surface area contributed by atoms with Gasteiger partial charge in [-0.1, -0.05) is 24.3 Å². The summed E-state index contributed by atoms with van der Waals surface area (Å²) in [5.41, 5.74) is 0.769. The van der Waals surface area contributed by atoms with Gasteiger partial charge in [0, 0.05) is 0 Å². The van der Waals surface area contributed by atoms with Crippen molar-refractivity contribution in [3.63, 3.8) is 0 Å². The third kappa shape index (κ3) is 5.51. The lowest BCUT2D eigenvalue weighted by atomic mass is 10.2. The topological polar surface area (TPSA) is 92.0 Å². The molecule has 31 heavy (non-hydrogen) atoms. The van der Waals surface area contributed by atoms with Crippen LogP contribution in [0.5, 0.6) is 0 Å². The SMILES string of the molecule is O=C(CN(c1cccc(C(F)(F)F)c1)S(=O)(=O)c1ccccc1)NN=Cc1ccco1. The molecule has 162 valence electrons. The average Bonchev–Trinajstić information content (AvgIpc) is 3.25. The third-order valence-corrected chi connectivity index (χ3v) is 5.79. The van der Waals surface area contributed by atoms with Gasteiger partial charge in [-0.3, -0.25) is 9.10 Å². The molecule has 0 bridgehead atoms. The lowest BCUT2D eigenvalue weighted by molar-refractivity contribution is -0.137. The summed E-state index contributed by atoms with van der Waals surface area (Å²) in [4.78, 5) is 12.2. The second kappa shape index (κ2) is 9.04. The van der Waals surface area contributed by atoms with Crippen LogP contribution in [0.25, 0.3) is 0 Å². The fourth-order valence-electron chi connectivity index (χ4n) is 2.57. The second-order valence-corrected chi connectivity index (χ2v) is 8.04. The van der Waals surface area contributed by atoms with Crippen LogP contribution >= 0.6 is 0 Å². The summed E-state index contributed by atoms with van der Waals surface area (Å²) >= 11 is 0. The smallest absolute Gasteiger partial charge is 0.416 e. The number of hydrogen-bond acceptors (Lipinski definition) is 5. The number of hydrazone groups is 1. The van der Waals surface area contributed by atoms with Gasteiger partial charge in [0.05, 0.1) is 28.6 Å². The molecule has 7 nitrogen and oxygen atoms in total. The number of nitrogens with zero attached hydrogens (tertiary/aromatic N) is 2. The molecular formula is C20H16F3N3O4S. The van der Waals surface area contributed by atoms with Crippen molar-refractivity contribution in [3.8, 4) is 0 Å². The Morgan fingerprint density at radius 2 is 1.81 bits per heavy atom. The van der Waals surface area contributed by atoms with Crippen molar-refractivity contribution in [2.45, 2.75) is 11.1 Å². The summed E-state index contributed by atoms with van der Waals surface area (Å²) < 4.78 is 71.2. The van der Waals surface area contributed by atoms with Gasteiger partial charge in [0.15, 0.2) is 0 Å². The summed E-state index contributed by atoms with van der Waals surface area (Å²) in [6, 6.07) is 14.0. The van der Waals surface area contributed by atoms with E-state index in [1.807, 2.05) is 0 Å². The quantitative estimate of drug-likeness (QED) is 0.439. The molecule has 0 aliphatic heterocycles. The van der Waals surface area contributed by atoms with E-state index in [2.05, 4.69) is 10.5 Å². The van der Waals surface area contributed by atoms with Crippen molar-refractivity contribution < 1.29 is 30.8 Å². The minimum Gasteiger partial charge on any atom is -0.463 e. The number of amides is 1. The van der Waals surface area contributed by atoms with E-state index in [0.717, 1.165) is 12.1 Å². The summed E-state index contributed by atoms with van der Waals surface area (Å²) in [6.45, 7) is -0.798. The predicted octanol–water partition coefficient (Wildman–Crippen LogP) is 3.64. The van der Waals surface area contributed by atoms with Crippen molar-refractivity contribution in [3.05, 3.63) is 84.3 Å². The van der Waals surface area contributed by atoms with Gasteiger partial charge in [0.2, 0.25) is 0 Å². The summed E-state index contributed by atoms with van der Waals surface area (Å²) in [7, 11) is -4.34. The number of benzene rings is 2. The number of rotatable bonds is 7. The normalized spacial score (nSPS) is 12.1. The first-order valence-electron chi connectivity index (χ1n) is 8.78. The third-order valence-electron chi connectivity index (χ3n) is 4.00. The Morgan fingerprint density at radius 3 is 2.45 bits per heavy atom. The Morgan fingerprint density at radius 1 is 1.06 bits per heavy atom. The van der Waals surface area contributed by atoms with E-state index < -0.39 is 34.2 Å². The Balaban J connectivity index is 1.92. The Hall–Kier alpha value is -3.60. The molecule has 0 spiro atoms. The van der Waals surface area contributed by atoms with E-state index >= 15 is 0 Å². The number of carbonyl (C=O) groups is 1. The standard InChI is InChI=1S/C20H16F3N3O4S/c21-20(22,23)15-6-4-7-16(12-15)26(31(28,29)18-9-2-1-3-10-18)14-19(27)25-24-13-17-8-5-11-30-17/h1-13H,14H2,(H,25,27). The zero-order valence-corrected chi connectivity index (χ0v) is 16.6. The van der Waals surface area contributed by atoms with E-state index in [-0.39, 0.29) is 10.6 Å². The maximum Gasteiger partial charge on any atom is 0.416 e. The Bertz CT molecular complexity index is 1160. The predicted molar refractivity (Wildman–Crippen MR) is 107 cm³/mol. The molecule has 0 atom stereocenters. The molecule has 0 radical (unpaired) electrons. The molecule has 1 N–H and O–H groups in total. The van der Waals surface area contributed by atoms with Crippen molar-refractivity contribution in [1.29, 1.82) is 0 Å². The zero-order chi connectivity index (χ0) is 22.5. The highest BCUT2D eigenvalue weighted by atomic mass is 32.2. The van der Waals surface area contributed by atoms with E-state index in [0.29, 0.717) is 16.1 Å². The van der Waals surface area contributed by atoms with Crippen LogP contribution in [0.3, 0.4) is 0 Å². The zero-order valence-electron chi connectivity index (χ0n) is 15.8. The van der Waals surface area contributed by atoms with Crippen molar-refractivity contribution in [2.75, 3.05) is 10.8 Å². The maximum absolute atomic E-state index is 13.1. The molecule has 11 heteroatoms. The average molecular weight is 451 g/mol. The number of alkyl halides is 3. The van der Waals surface area contributed by atoms with Crippen LogP contribution in [0.1, 0.15) is 11.3 Å². The van der Waals surface area contributed by atoms with Crippen molar-refractivity contribution in [1.82, 2.24) is 5.43 Å². The minimum atomic E-state index is -4.69. The van der Waals surface area contributed by atoms with Crippen LogP contribution in [0.4, 0.5) is 18.9 Å². The highest BCUT2D eigenvalue weighted by Gasteiger charge is 2.33. The lowest BCUT2D eigenvalue weighted by Crippen LogP contribution is -2.39. The summed E-state index contributed by atoms with van der Waals surface area (Å²) in [6.07, 6.45) is -2.10. The second-order valence-electron chi connectivity index (χ2n) is 6.18. The molecule has 3 aromatic rings. The summed E-state index contributed by atoms with van der Waals surface area (Å²) in [5.74, 6) is -0.522. The van der Waals surface area contributed by atoms with Gasteiger partial charge in [0.1, 0.15) is 12.3 Å². The number of carbonyl (C=O) groups excluding carboxylic acids is 1. The molecule has 0 unspecified atom stereocenters. The largest absolute Gasteiger partial charge is 0.463 e. The van der Waals surface area contributed by atoms with Crippen LogP contribution in [0, 0.1) is 0 Å². The van der Waals surface area contributed by atoms with Crippen molar-refractivity contribution >= 4 is 27.8 Å². The van der Waals surface area contributed by atoms with Crippen LogP contribution < -0.4 is 9.73 Å². The molecule has 3 rings (SSSR count). The van der Waals surface area contributed by atoms with E-state index in [4.69, 9.17) is 4.42 Å². The van der Waals surface area contributed by atoms with E-state index in [1.165, 1.54) is 42.8 Å². The first-order valence-corrected chi connectivity index (χ1v) is 10.2. The maximum atomic E-state index is 13.1. The monoisotopic (exact) mass is 451 g/mol. The van der Waals surface area contributed by atoms with Crippen LogP contribution in [0.15, 0.2) is 87.4 Å². The van der Waals surface area contributed by atoms with Gasteiger partial charge < -0.3 is 4.42 Å². The highest BCUT2D eigenvalue weighted by Crippen LogP contribution is 2.33. The number of hydrogen-bond donors (Lipinski definition) is 1. The number of sulfonamides is 1. The molecule has 1 amide bonds. The Kier molecular flexibility index (Phi) is 6.44. The van der Waals surface area contributed by atoms with Gasteiger partial charge >= 0.3 is 6.18 Å². The molecule has 0 fully saturated rings. The fourth-order valence-corrected chi connectivity index (χ4v) is 4.00. The number of anilines is 1. The molecule has 2 aromatic carbocycles. The molecule has 0 aliphatic rings. The summed E-state index contributed by atoms with van der Waals surface area (Å²) in [5, 5.41) is 3.65. The molecule has 1 heterocycles. The van der Waals surface area contributed by atoms with Gasteiger partial charge in [-0.2, -0.15) is 18.3 Å². The molecule has 0 saturated heterocycles. The number of nitrogens with one attached hydrogen (secondary N) is 1. The minimum absolute atomic E-state index is 0.181. The van der Waals surface area contributed by atoms with Gasteiger partial charge in [-0.05, 0) is 42.5 Å². The van der Waals surface area contributed by atoms with Crippen LogP contribution in [0.2, 0.25) is 0 Å². The highest BCUT2D eigenvalue weighted by molar-refractivity contribution is 7.92. The van der Waals surface area contributed by atoms with Crippen molar-refractivity contribution in [2.24, 2.45) is 5.10 Å². The lowest BCUT2D eigenvalue weighted by Gasteiger charge is -2.24. The van der Waals surface area contributed by atoms with E-state index in [1.54, 1.807) is 18.2 Å². The van der Waals surface area contributed by atoms with Gasteiger partial charge in [-0.15, -0.1) is 0 Å². The van der Waals surface area contributed by atoms with Crippen LogP contribution in [-0.2, 0) is 21.0 Å². The number of furan rings is 1. The fraction of sp³-hybridized carbons (Fsp3) is 0.100. The number of halogens is 3. The molecule has 0 aliphatic carbocycles. The first-order chi connectivity index (χ1) is 14.7. The van der Waals surface area contributed by atoms with E-state index in [9.17, 15) is 26.4 Å². The molecular weight excluding hydrogens is 435 g/mol. The van der Waals surface area contributed by atoms with Crippen LogP contribution in [-0.4, -0.2) is 27.1 Å². The van der Waals surface area contributed by atoms with Gasteiger partial charge in [-0.25, -0.2) is 13.8 Å². The molecule has 1 aromatic heterocycles. The van der Waals surface area contributed by atoms with Gasteiger partial charge in [0.25, 0.3) is 15.9 Å².